The SMILES string of the molecule is O=S(=O)(NN=Cc1ccc(Cl)c(Cl)c1)c1ccc(Cl)cc1. The van der Waals surface area contributed by atoms with E-state index in [4.69, 9.17) is 34.8 Å². The van der Waals surface area contributed by atoms with Crippen molar-refractivity contribution < 1.29 is 8.42 Å². The minimum Gasteiger partial charge on any atom is -0.200 e. The Morgan fingerprint density at radius 1 is 0.952 bits per heavy atom. The van der Waals surface area contributed by atoms with Crippen LogP contribution in [0.25, 0.3) is 0 Å². The van der Waals surface area contributed by atoms with Gasteiger partial charge in [-0.15, -0.1) is 0 Å². The zero-order valence-corrected chi connectivity index (χ0v) is 13.5. The Kier molecular flexibility index (Phi) is 5.11. The minimum atomic E-state index is -3.73. The van der Waals surface area contributed by atoms with Gasteiger partial charge < -0.3 is 0 Å². The molecule has 0 amide bonds. The first-order valence-corrected chi connectivity index (χ1v) is 8.26. The molecule has 0 saturated heterocycles. The first-order chi connectivity index (χ1) is 9.88. The summed E-state index contributed by atoms with van der Waals surface area (Å²) >= 11 is 17.3. The number of halogens is 3. The molecular weight excluding hydrogens is 355 g/mol. The molecule has 0 unspecified atom stereocenters. The van der Waals surface area contributed by atoms with Gasteiger partial charge in [0, 0.05) is 5.02 Å². The van der Waals surface area contributed by atoms with E-state index in [1.165, 1.54) is 30.5 Å². The first-order valence-electron chi connectivity index (χ1n) is 5.64. The standard InChI is InChI=1S/C13H9Cl3N2O2S/c14-10-2-4-11(5-3-10)21(19,20)18-17-8-9-1-6-12(15)13(16)7-9/h1-8,18H. The van der Waals surface area contributed by atoms with Gasteiger partial charge in [0.2, 0.25) is 0 Å². The number of hydrogen-bond acceptors (Lipinski definition) is 3. The van der Waals surface area contributed by atoms with Crippen LogP contribution in [-0.2, 0) is 10.0 Å². The summed E-state index contributed by atoms with van der Waals surface area (Å²) < 4.78 is 23.9. The number of nitrogens with one attached hydrogen (secondary N) is 1. The van der Waals surface area contributed by atoms with E-state index in [9.17, 15) is 8.42 Å². The van der Waals surface area contributed by atoms with Crippen molar-refractivity contribution in [1.82, 2.24) is 4.83 Å². The molecule has 2 aromatic carbocycles. The molecule has 0 radical (unpaired) electrons. The van der Waals surface area contributed by atoms with Crippen molar-refractivity contribution >= 4 is 51.0 Å². The van der Waals surface area contributed by atoms with E-state index in [1.54, 1.807) is 18.2 Å². The fourth-order valence-corrected chi connectivity index (χ4v) is 2.65. The average molecular weight is 364 g/mol. The van der Waals surface area contributed by atoms with E-state index in [-0.39, 0.29) is 4.90 Å². The topological polar surface area (TPSA) is 58.5 Å². The van der Waals surface area contributed by atoms with Crippen molar-refractivity contribution in [2.75, 3.05) is 0 Å². The normalized spacial score (nSPS) is 11.8. The van der Waals surface area contributed by atoms with Gasteiger partial charge in [0.15, 0.2) is 0 Å². The number of sulfonamides is 1. The zero-order valence-electron chi connectivity index (χ0n) is 10.4. The summed E-state index contributed by atoms with van der Waals surface area (Å²) in [6.45, 7) is 0. The maximum Gasteiger partial charge on any atom is 0.276 e. The van der Waals surface area contributed by atoms with Crippen molar-refractivity contribution in [3.05, 3.63) is 63.1 Å². The molecule has 1 N–H and O–H groups in total. The van der Waals surface area contributed by atoms with Crippen molar-refractivity contribution in [1.29, 1.82) is 0 Å². The summed E-state index contributed by atoms with van der Waals surface area (Å²) in [5, 5.41) is 4.91. The third-order valence-corrected chi connectivity index (χ3v) is 4.68. The lowest BCUT2D eigenvalue weighted by Gasteiger charge is -2.03. The highest BCUT2D eigenvalue weighted by atomic mass is 35.5. The number of benzene rings is 2. The Morgan fingerprint density at radius 2 is 1.62 bits per heavy atom. The smallest absolute Gasteiger partial charge is 0.200 e. The summed E-state index contributed by atoms with van der Waals surface area (Å²) in [4.78, 5) is 2.17. The average Bonchev–Trinajstić information content (AvgIpc) is 2.43. The Hall–Kier alpha value is -1.27. The van der Waals surface area contributed by atoms with E-state index in [0.717, 1.165) is 0 Å². The summed E-state index contributed by atoms with van der Waals surface area (Å²) in [6, 6.07) is 10.6. The molecule has 4 nitrogen and oxygen atoms in total. The fraction of sp³-hybridized carbons (Fsp3) is 0. The second kappa shape index (κ2) is 6.66. The molecule has 8 heteroatoms. The molecule has 0 atom stereocenters. The summed E-state index contributed by atoms with van der Waals surface area (Å²) in [6.07, 6.45) is 1.33. The molecule has 21 heavy (non-hydrogen) atoms. The maximum atomic E-state index is 11.9. The van der Waals surface area contributed by atoms with E-state index in [1.807, 2.05) is 0 Å². The van der Waals surface area contributed by atoms with Crippen LogP contribution in [0, 0.1) is 0 Å². The lowest BCUT2D eigenvalue weighted by atomic mass is 10.2. The van der Waals surface area contributed by atoms with Crippen molar-refractivity contribution in [3.8, 4) is 0 Å². The van der Waals surface area contributed by atoms with Crippen LogP contribution in [0.15, 0.2) is 52.5 Å². The highest BCUT2D eigenvalue weighted by Crippen LogP contribution is 2.21. The monoisotopic (exact) mass is 362 g/mol. The summed E-state index contributed by atoms with van der Waals surface area (Å²) in [5.74, 6) is 0. The van der Waals surface area contributed by atoms with Gasteiger partial charge in [0.05, 0.1) is 21.2 Å². The molecule has 0 fully saturated rings. The van der Waals surface area contributed by atoms with Gasteiger partial charge in [0.25, 0.3) is 10.0 Å². The van der Waals surface area contributed by atoms with Crippen LogP contribution in [-0.4, -0.2) is 14.6 Å². The lowest BCUT2D eigenvalue weighted by molar-refractivity contribution is 0.584. The van der Waals surface area contributed by atoms with Gasteiger partial charge in [-0.25, -0.2) is 4.83 Å². The van der Waals surface area contributed by atoms with Crippen LogP contribution in [0.4, 0.5) is 0 Å². The Balaban J connectivity index is 2.12. The fourth-order valence-electron chi connectivity index (χ4n) is 1.43. The maximum absolute atomic E-state index is 11.9. The third kappa shape index (κ3) is 4.35. The molecule has 110 valence electrons. The number of hydrogen-bond donors (Lipinski definition) is 1. The molecule has 0 heterocycles. The van der Waals surface area contributed by atoms with E-state index in [2.05, 4.69) is 9.93 Å². The molecule has 0 aliphatic heterocycles. The Labute approximate surface area is 137 Å². The predicted octanol–water partition coefficient (Wildman–Crippen LogP) is 3.96. The summed E-state index contributed by atoms with van der Waals surface area (Å²) in [7, 11) is -3.73. The van der Waals surface area contributed by atoms with Gasteiger partial charge in [-0.2, -0.15) is 13.5 Å². The quantitative estimate of drug-likeness (QED) is 0.660. The van der Waals surface area contributed by atoms with Crippen LogP contribution in [0.1, 0.15) is 5.56 Å². The molecule has 2 aromatic rings. The molecule has 0 spiro atoms. The van der Waals surface area contributed by atoms with E-state index >= 15 is 0 Å². The van der Waals surface area contributed by atoms with Crippen LogP contribution >= 0.6 is 34.8 Å². The van der Waals surface area contributed by atoms with Gasteiger partial charge in [-0.1, -0.05) is 40.9 Å². The second-order valence-corrected chi connectivity index (χ2v) is 6.89. The van der Waals surface area contributed by atoms with Gasteiger partial charge >= 0.3 is 0 Å². The number of nitrogens with zero attached hydrogens (tertiary/aromatic N) is 1. The van der Waals surface area contributed by atoms with Crippen LogP contribution in [0.5, 0.6) is 0 Å². The molecular formula is C13H9Cl3N2O2S. The number of hydrazone groups is 1. The largest absolute Gasteiger partial charge is 0.276 e. The zero-order chi connectivity index (χ0) is 15.5. The van der Waals surface area contributed by atoms with Crippen molar-refractivity contribution in [2.45, 2.75) is 4.90 Å². The molecule has 0 aliphatic rings. The predicted molar refractivity (Wildman–Crippen MR) is 85.8 cm³/mol. The lowest BCUT2D eigenvalue weighted by Crippen LogP contribution is -2.18. The van der Waals surface area contributed by atoms with Crippen molar-refractivity contribution in [3.63, 3.8) is 0 Å². The van der Waals surface area contributed by atoms with Gasteiger partial charge in [-0.3, -0.25) is 0 Å². The van der Waals surface area contributed by atoms with Gasteiger partial charge in [0.1, 0.15) is 0 Å². The highest BCUT2D eigenvalue weighted by molar-refractivity contribution is 7.89. The summed E-state index contributed by atoms with van der Waals surface area (Å²) in [5.41, 5.74) is 0.614. The molecule has 0 aromatic heterocycles. The van der Waals surface area contributed by atoms with Crippen molar-refractivity contribution in [2.24, 2.45) is 5.10 Å². The minimum absolute atomic E-state index is 0.0678. The molecule has 2 rings (SSSR count). The van der Waals surface area contributed by atoms with Crippen LogP contribution in [0.2, 0.25) is 15.1 Å². The third-order valence-electron chi connectivity index (χ3n) is 2.45. The van der Waals surface area contributed by atoms with Crippen LogP contribution in [0.3, 0.4) is 0 Å². The van der Waals surface area contributed by atoms with E-state index < -0.39 is 10.0 Å². The Bertz CT molecular complexity index is 775. The Morgan fingerprint density at radius 3 is 2.24 bits per heavy atom. The molecule has 0 saturated carbocycles. The highest BCUT2D eigenvalue weighted by Gasteiger charge is 2.11. The first kappa shape index (κ1) is 16.1. The van der Waals surface area contributed by atoms with Crippen LogP contribution < -0.4 is 4.83 Å². The molecule has 0 bridgehead atoms. The molecule has 0 aliphatic carbocycles. The van der Waals surface area contributed by atoms with Gasteiger partial charge in [-0.05, 0) is 42.0 Å². The second-order valence-electron chi connectivity index (χ2n) is 3.98. The number of rotatable bonds is 4. The van der Waals surface area contributed by atoms with E-state index in [0.29, 0.717) is 20.6 Å².